The zero-order valence-electron chi connectivity index (χ0n) is 19.8. The van der Waals surface area contributed by atoms with Gasteiger partial charge in [-0.15, -0.1) is 0 Å². The van der Waals surface area contributed by atoms with E-state index >= 15 is 0 Å². The number of rotatable bonds is 7. The molecule has 8 heteroatoms. The van der Waals surface area contributed by atoms with Gasteiger partial charge in [0.05, 0.1) is 23.1 Å². The van der Waals surface area contributed by atoms with Gasteiger partial charge >= 0.3 is 5.97 Å². The quantitative estimate of drug-likeness (QED) is 0.288. The van der Waals surface area contributed by atoms with E-state index in [1.165, 1.54) is 29.2 Å². The van der Waals surface area contributed by atoms with Crippen LogP contribution in [0.5, 0.6) is 11.5 Å². The number of esters is 1. The lowest BCUT2D eigenvalue weighted by Gasteiger charge is -2.15. The third-order valence-electron chi connectivity index (χ3n) is 6.32. The molecule has 0 spiro atoms. The Bertz CT molecular complexity index is 1320. The van der Waals surface area contributed by atoms with E-state index < -0.39 is 18.5 Å². The van der Waals surface area contributed by atoms with E-state index in [0.29, 0.717) is 35.7 Å². The molecule has 2 aliphatic rings. The maximum Gasteiger partial charge on any atom is 0.338 e. The van der Waals surface area contributed by atoms with E-state index in [1.54, 1.807) is 24.3 Å². The van der Waals surface area contributed by atoms with E-state index in [1.807, 2.05) is 42.5 Å². The minimum absolute atomic E-state index is 0.206. The largest absolute Gasteiger partial charge is 0.457 e. The first kappa shape index (κ1) is 24.0. The topological polar surface area (TPSA) is 102 Å². The fourth-order valence-electron chi connectivity index (χ4n) is 4.44. The van der Waals surface area contributed by atoms with E-state index in [4.69, 9.17) is 9.47 Å². The molecule has 3 aromatic rings. The summed E-state index contributed by atoms with van der Waals surface area (Å²) in [5, 5.41) is 2.66. The lowest BCUT2D eigenvalue weighted by Crippen LogP contribution is -2.30. The molecule has 2 atom stereocenters. The summed E-state index contributed by atoms with van der Waals surface area (Å²) < 4.78 is 10.8. The minimum atomic E-state index is -0.690. The number of nitrogens with one attached hydrogen (secondary N) is 1. The first-order chi connectivity index (χ1) is 18.0. The normalized spacial score (nSPS) is 18.3. The highest BCUT2D eigenvalue weighted by atomic mass is 16.5. The molecule has 0 bridgehead atoms. The van der Waals surface area contributed by atoms with Crippen LogP contribution in [0.1, 0.15) is 23.2 Å². The van der Waals surface area contributed by atoms with E-state index in [0.717, 1.165) is 0 Å². The molecule has 0 radical (unpaired) electrons. The van der Waals surface area contributed by atoms with Crippen LogP contribution in [0.3, 0.4) is 0 Å². The zero-order chi connectivity index (χ0) is 25.8. The van der Waals surface area contributed by atoms with Gasteiger partial charge in [0.15, 0.2) is 6.61 Å². The standard InChI is InChI=1S/C29H24N2O6/c32-26(30-20-12-16-23(17-13-20)37-22-6-2-1-3-7-22)18-36-29(35)19-10-14-21(15-11-19)31-27(33)24-8-4-5-9-25(24)28(31)34/h1-7,10-17,24-25H,8-9,18H2,(H,30,32)/t24-,25-/m0/s1. The lowest BCUT2D eigenvalue weighted by molar-refractivity contribution is -0.122. The van der Waals surface area contributed by atoms with Gasteiger partial charge < -0.3 is 14.8 Å². The Balaban J connectivity index is 1.12. The third kappa shape index (κ3) is 5.28. The van der Waals surface area contributed by atoms with Gasteiger partial charge in [-0.05, 0) is 73.5 Å². The van der Waals surface area contributed by atoms with Crippen molar-refractivity contribution in [3.05, 3.63) is 96.6 Å². The summed E-state index contributed by atoms with van der Waals surface area (Å²) in [6.45, 7) is -0.470. The molecule has 186 valence electrons. The molecule has 1 aliphatic carbocycles. The highest BCUT2D eigenvalue weighted by Gasteiger charge is 2.47. The number of benzene rings is 3. The van der Waals surface area contributed by atoms with Crippen molar-refractivity contribution in [3.63, 3.8) is 0 Å². The van der Waals surface area contributed by atoms with Crippen molar-refractivity contribution in [2.45, 2.75) is 12.8 Å². The second-order valence-corrected chi connectivity index (χ2v) is 8.78. The van der Waals surface area contributed by atoms with Crippen LogP contribution < -0.4 is 15.0 Å². The van der Waals surface area contributed by atoms with Crippen molar-refractivity contribution in [2.75, 3.05) is 16.8 Å². The van der Waals surface area contributed by atoms with Gasteiger partial charge in [-0.1, -0.05) is 30.4 Å². The molecule has 37 heavy (non-hydrogen) atoms. The van der Waals surface area contributed by atoms with Gasteiger partial charge in [0.25, 0.3) is 5.91 Å². The summed E-state index contributed by atoms with van der Waals surface area (Å²) in [7, 11) is 0. The van der Waals surface area contributed by atoms with Gasteiger partial charge in [0.1, 0.15) is 11.5 Å². The van der Waals surface area contributed by atoms with E-state index in [-0.39, 0.29) is 29.2 Å². The highest BCUT2D eigenvalue weighted by Crippen LogP contribution is 2.37. The van der Waals surface area contributed by atoms with Crippen molar-refractivity contribution in [3.8, 4) is 11.5 Å². The smallest absolute Gasteiger partial charge is 0.338 e. The number of carbonyl (C=O) groups excluding carboxylic acids is 4. The van der Waals surface area contributed by atoms with Gasteiger partial charge in [0, 0.05) is 5.69 Å². The summed E-state index contributed by atoms with van der Waals surface area (Å²) in [4.78, 5) is 51.3. The number of hydrogen-bond donors (Lipinski definition) is 1. The molecule has 3 aromatic carbocycles. The molecule has 8 nitrogen and oxygen atoms in total. The Hall–Kier alpha value is -4.72. The Morgan fingerprint density at radius 3 is 2.00 bits per heavy atom. The van der Waals surface area contributed by atoms with Crippen LogP contribution in [-0.2, 0) is 19.1 Å². The predicted molar refractivity (Wildman–Crippen MR) is 136 cm³/mol. The third-order valence-corrected chi connectivity index (χ3v) is 6.32. The molecule has 1 heterocycles. The molecule has 0 saturated carbocycles. The summed E-state index contributed by atoms with van der Waals surface area (Å²) in [5.74, 6) is -0.949. The van der Waals surface area contributed by atoms with Crippen molar-refractivity contribution < 1.29 is 28.7 Å². The summed E-state index contributed by atoms with van der Waals surface area (Å²) in [5.41, 5.74) is 1.15. The minimum Gasteiger partial charge on any atom is -0.457 e. The number of imide groups is 1. The fraction of sp³-hybridized carbons (Fsp3) is 0.172. The number of para-hydroxylation sites is 1. The highest BCUT2D eigenvalue weighted by molar-refractivity contribution is 6.22. The Kier molecular flexibility index (Phi) is 6.81. The zero-order valence-corrected chi connectivity index (χ0v) is 19.8. The van der Waals surface area contributed by atoms with Crippen LogP contribution in [0.15, 0.2) is 91.0 Å². The number of ether oxygens (including phenoxy) is 2. The van der Waals surface area contributed by atoms with Gasteiger partial charge in [-0.2, -0.15) is 0 Å². The Morgan fingerprint density at radius 2 is 1.38 bits per heavy atom. The molecule has 1 saturated heterocycles. The van der Waals surface area contributed by atoms with Crippen LogP contribution in [0.25, 0.3) is 0 Å². The maximum absolute atomic E-state index is 12.7. The SMILES string of the molecule is O=C(COC(=O)c1ccc(N2C(=O)[C@H]3CC=CC[C@@H]3C2=O)cc1)Nc1ccc(Oc2ccccc2)cc1. The maximum atomic E-state index is 12.7. The average molecular weight is 497 g/mol. The molecule has 1 fully saturated rings. The first-order valence-electron chi connectivity index (χ1n) is 11.9. The molecule has 1 N–H and O–H groups in total. The molecular weight excluding hydrogens is 472 g/mol. The van der Waals surface area contributed by atoms with Crippen LogP contribution in [0.4, 0.5) is 11.4 Å². The number of hydrogen-bond acceptors (Lipinski definition) is 6. The van der Waals surface area contributed by atoms with Crippen LogP contribution in [-0.4, -0.2) is 30.3 Å². The number of allylic oxidation sites excluding steroid dienone is 2. The Morgan fingerprint density at radius 1 is 0.784 bits per heavy atom. The lowest BCUT2D eigenvalue weighted by atomic mass is 9.85. The first-order valence-corrected chi connectivity index (χ1v) is 11.9. The van der Waals surface area contributed by atoms with Crippen molar-refractivity contribution in [1.29, 1.82) is 0 Å². The molecular formula is C29H24N2O6. The molecule has 1 aliphatic heterocycles. The predicted octanol–water partition coefficient (Wildman–Crippen LogP) is 4.73. The molecule has 0 aromatic heterocycles. The number of carbonyl (C=O) groups is 4. The van der Waals surface area contributed by atoms with Crippen molar-refractivity contribution in [2.24, 2.45) is 11.8 Å². The molecule has 3 amide bonds. The second-order valence-electron chi connectivity index (χ2n) is 8.78. The summed E-state index contributed by atoms with van der Waals surface area (Å²) >= 11 is 0. The van der Waals surface area contributed by atoms with Crippen molar-refractivity contribution >= 4 is 35.1 Å². The summed E-state index contributed by atoms with van der Waals surface area (Å²) in [6.07, 6.45) is 4.98. The monoisotopic (exact) mass is 496 g/mol. The number of anilines is 2. The number of amides is 3. The summed E-state index contributed by atoms with van der Waals surface area (Å²) in [6, 6.07) is 22.2. The number of nitrogens with zero attached hydrogens (tertiary/aromatic N) is 1. The fourth-order valence-corrected chi connectivity index (χ4v) is 4.44. The molecule has 5 rings (SSSR count). The second kappa shape index (κ2) is 10.5. The Labute approximate surface area is 213 Å². The van der Waals surface area contributed by atoms with Crippen LogP contribution in [0, 0.1) is 11.8 Å². The van der Waals surface area contributed by atoms with Gasteiger partial charge in [0.2, 0.25) is 11.8 Å². The van der Waals surface area contributed by atoms with E-state index in [9.17, 15) is 19.2 Å². The van der Waals surface area contributed by atoms with E-state index in [2.05, 4.69) is 5.32 Å². The molecule has 0 unspecified atom stereocenters. The van der Waals surface area contributed by atoms with Gasteiger partial charge in [-0.3, -0.25) is 19.3 Å². The van der Waals surface area contributed by atoms with Crippen LogP contribution in [0.2, 0.25) is 0 Å². The van der Waals surface area contributed by atoms with Gasteiger partial charge in [-0.25, -0.2) is 4.79 Å². The van der Waals surface area contributed by atoms with Crippen LogP contribution >= 0.6 is 0 Å². The van der Waals surface area contributed by atoms with Crippen molar-refractivity contribution in [1.82, 2.24) is 0 Å². The average Bonchev–Trinajstić information content (AvgIpc) is 3.19. The number of fused-ring (bicyclic) bond motifs is 1.